The molecule has 0 saturated carbocycles. The van der Waals surface area contributed by atoms with E-state index < -0.39 is 0 Å². The number of halogens is 1. The monoisotopic (exact) mass is 224 g/mol. The van der Waals surface area contributed by atoms with E-state index in [0.717, 1.165) is 17.0 Å². The van der Waals surface area contributed by atoms with Crippen molar-refractivity contribution in [1.29, 1.82) is 0 Å². The second-order valence-corrected chi connectivity index (χ2v) is 3.78. The van der Waals surface area contributed by atoms with Gasteiger partial charge in [-0.25, -0.2) is 4.98 Å². The van der Waals surface area contributed by atoms with E-state index in [2.05, 4.69) is 10.3 Å². The molecule has 0 aliphatic carbocycles. The highest BCUT2D eigenvalue weighted by molar-refractivity contribution is 6.31. The van der Waals surface area contributed by atoms with Crippen LogP contribution in [-0.4, -0.2) is 22.6 Å². The minimum absolute atomic E-state index is 0.587. The second-order valence-electron chi connectivity index (χ2n) is 3.34. The van der Waals surface area contributed by atoms with Crippen LogP contribution < -0.4 is 11.1 Å². The average molecular weight is 225 g/mol. The summed E-state index contributed by atoms with van der Waals surface area (Å²) < 4.78 is 1.99. The standard InChI is InChI=1S/C10H13ClN4/c1-15-9-3-2-7(11)6-8(9)14-10(15)13-5-4-12/h2-3,6H,4-5,12H2,1H3,(H,13,14). The van der Waals surface area contributed by atoms with Gasteiger partial charge in [0.05, 0.1) is 11.0 Å². The number of hydrogen-bond donors (Lipinski definition) is 2. The fourth-order valence-corrected chi connectivity index (χ4v) is 1.68. The van der Waals surface area contributed by atoms with Crippen LogP contribution in [0.4, 0.5) is 5.95 Å². The third-order valence-electron chi connectivity index (χ3n) is 2.27. The highest BCUT2D eigenvalue weighted by Gasteiger charge is 2.06. The van der Waals surface area contributed by atoms with Gasteiger partial charge in [-0.15, -0.1) is 0 Å². The van der Waals surface area contributed by atoms with E-state index in [-0.39, 0.29) is 0 Å². The fourth-order valence-electron chi connectivity index (χ4n) is 1.52. The number of rotatable bonds is 3. The third kappa shape index (κ3) is 1.91. The minimum atomic E-state index is 0.587. The van der Waals surface area contributed by atoms with Crippen molar-refractivity contribution >= 4 is 28.6 Å². The van der Waals surface area contributed by atoms with Crippen molar-refractivity contribution < 1.29 is 0 Å². The molecule has 1 aromatic heterocycles. The van der Waals surface area contributed by atoms with Gasteiger partial charge in [-0.3, -0.25) is 0 Å². The van der Waals surface area contributed by atoms with Crippen molar-refractivity contribution in [3.05, 3.63) is 23.2 Å². The summed E-state index contributed by atoms with van der Waals surface area (Å²) in [5.74, 6) is 0.817. The number of nitrogens with zero attached hydrogens (tertiary/aromatic N) is 2. The summed E-state index contributed by atoms with van der Waals surface area (Å²) in [5.41, 5.74) is 7.37. The quantitative estimate of drug-likeness (QED) is 0.833. The van der Waals surface area contributed by atoms with Gasteiger partial charge in [0.2, 0.25) is 5.95 Å². The highest BCUT2D eigenvalue weighted by Crippen LogP contribution is 2.21. The molecule has 15 heavy (non-hydrogen) atoms. The first kappa shape index (κ1) is 10.3. The normalized spacial score (nSPS) is 10.9. The van der Waals surface area contributed by atoms with Crippen LogP contribution in [0.2, 0.25) is 5.02 Å². The second kappa shape index (κ2) is 4.08. The summed E-state index contributed by atoms with van der Waals surface area (Å²) in [6, 6.07) is 5.67. The van der Waals surface area contributed by atoms with Crippen molar-refractivity contribution in [2.24, 2.45) is 12.8 Å². The maximum absolute atomic E-state index is 5.89. The van der Waals surface area contributed by atoms with E-state index in [1.165, 1.54) is 0 Å². The lowest BCUT2D eigenvalue weighted by atomic mass is 10.3. The average Bonchev–Trinajstić information content (AvgIpc) is 2.52. The van der Waals surface area contributed by atoms with Gasteiger partial charge in [0.1, 0.15) is 0 Å². The molecule has 80 valence electrons. The molecule has 0 saturated heterocycles. The Kier molecular flexibility index (Phi) is 2.79. The van der Waals surface area contributed by atoms with Gasteiger partial charge in [-0.2, -0.15) is 0 Å². The molecule has 2 rings (SSSR count). The Labute approximate surface area is 93.0 Å². The molecule has 3 N–H and O–H groups in total. The van der Waals surface area contributed by atoms with Gasteiger partial charge in [0.15, 0.2) is 0 Å². The van der Waals surface area contributed by atoms with Crippen LogP contribution in [0, 0.1) is 0 Å². The van der Waals surface area contributed by atoms with Crippen molar-refractivity contribution in [3.8, 4) is 0 Å². The Morgan fingerprint density at radius 1 is 1.53 bits per heavy atom. The zero-order chi connectivity index (χ0) is 10.8. The maximum atomic E-state index is 5.89. The van der Waals surface area contributed by atoms with E-state index in [1.54, 1.807) is 0 Å². The van der Waals surface area contributed by atoms with Crippen LogP contribution >= 0.6 is 11.6 Å². The molecule has 0 radical (unpaired) electrons. The Morgan fingerprint density at radius 3 is 3.07 bits per heavy atom. The molecule has 0 atom stereocenters. The van der Waals surface area contributed by atoms with E-state index in [0.29, 0.717) is 18.1 Å². The number of anilines is 1. The smallest absolute Gasteiger partial charge is 0.203 e. The first-order valence-corrected chi connectivity index (χ1v) is 5.16. The zero-order valence-electron chi connectivity index (χ0n) is 8.50. The van der Waals surface area contributed by atoms with E-state index in [1.807, 2.05) is 29.8 Å². The van der Waals surface area contributed by atoms with Crippen LogP contribution in [0.3, 0.4) is 0 Å². The number of nitrogens with two attached hydrogens (primary N) is 1. The molecule has 0 aliphatic heterocycles. The maximum Gasteiger partial charge on any atom is 0.203 e. The Hall–Kier alpha value is -1.26. The van der Waals surface area contributed by atoms with Crippen LogP contribution in [0.5, 0.6) is 0 Å². The first-order chi connectivity index (χ1) is 7.22. The van der Waals surface area contributed by atoms with Crippen LogP contribution in [0.15, 0.2) is 18.2 Å². The first-order valence-electron chi connectivity index (χ1n) is 4.78. The van der Waals surface area contributed by atoms with Crippen LogP contribution in [0.1, 0.15) is 0 Å². The van der Waals surface area contributed by atoms with Gasteiger partial charge in [-0.1, -0.05) is 11.6 Å². The van der Waals surface area contributed by atoms with Gasteiger partial charge < -0.3 is 15.6 Å². The number of benzene rings is 1. The predicted molar refractivity (Wildman–Crippen MR) is 63.3 cm³/mol. The molecule has 0 fully saturated rings. The largest absolute Gasteiger partial charge is 0.354 e. The van der Waals surface area contributed by atoms with Crippen LogP contribution in [0.25, 0.3) is 11.0 Å². The molecular weight excluding hydrogens is 212 g/mol. The third-order valence-corrected chi connectivity index (χ3v) is 2.51. The van der Waals surface area contributed by atoms with Gasteiger partial charge in [0.25, 0.3) is 0 Å². The lowest BCUT2D eigenvalue weighted by molar-refractivity contribution is 0.915. The van der Waals surface area contributed by atoms with Crippen molar-refractivity contribution in [2.45, 2.75) is 0 Å². The molecule has 1 aromatic carbocycles. The van der Waals surface area contributed by atoms with Crippen molar-refractivity contribution in [1.82, 2.24) is 9.55 Å². The molecule has 5 heteroatoms. The molecule has 0 amide bonds. The molecule has 0 unspecified atom stereocenters. The molecule has 4 nitrogen and oxygen atoms in total. The summed E-state index contributed by atoms with van der Waals surface area (Å²) in [6.07, 6.45) is 0. The van der Waals surface area contributed by atoms with E-state index in [9.17, 15) is 0 Å². The zero-order valence-corrected chi connectivity index (χ0v) is 9.25. The number of hydrogen-bond acceptors (Lipinski definition) is 3. The number of aromatic nitrogens is 2. The molecule has 0 bridgehead atoms. The predicted octanol–water partition coefficient (Wildman–Crippen LogP) is 1.60. The van der Waals surface area contributed by atoms with Gasteiger partial charge in [-0.05, 0) is 18.2 Å². The summed E-state index contributed by atoms with van der Waals surface area (Å²) in [7, 11) is 1.96. The molecule has 2 aromatic rings. The Morgan fingerprint density at radius 2 is 2.33 bits per heavy atom. The van der Waals surface area contributed by atoms with Crippen molar-refractivity contribution in [2.75, 3.05) is 18.4 Å². The molecule has 0 spiro atoms. The topological polar surface area (TPSA) is 55.9 Å². The lowest BCUT2D eigenvalue weighted by Gasteiger charge is -2.03. The SMILES string of the molecule is Cn1c(NCCN)nc2cc(Cl)ccc21. The Balaban J connectivity index is 2.44. The number of fused-ring (bicyclic) bond motifs is 1. The summed E-state index contributed by atoms with van der Waals surface area (Å²) >= 11 is 5.89. The molecular formula is C10H13ClN4. The van der Waals surface area contributed by atoms with Gasteiger partial charge in [0, 0.05) is 25.2 Å². The highest BCUT2D eigenvalue weighted by atomic mass is 35.5. The molecule has 0 aliphatic rings. The summed E-state index contributed by atoms with van der Waals surface area (Å²) in [5, 5.41) is 3.86. The minimum Gasteiger partial charge on any atom is -0.354 e. The van der Waals surface area contributed by atoms with Crippen molar-refractivity contribution in [3.63, 3.8) is 0 Å². The lowest BCUT2D eigenvalue weighted by Crippen LogP contribution is -2.15. The fraction of sp³-hybridized carbons (Fsp3) is 0.300. The van der Waals surface area contributed by atoms with Gasteiger partial charge >= 0.3 is 0 Å². The number of aryl methyl sites for hydroxylation is 1. The summed E-state index contributed by atoms with van der Waals surface area (Å²) in [4.78, 5) is 4.42. The van der Waals surface area contributed by atoms with E-state index in [4.69, 9.17) is 17.3 Å². The summed E-state index contributed by atoms with van der Waals surface area (Å²) in [6.45, 7) is 1.30. The van der Waals surface area contributed by atoms with Crippen LogP contribution in [-0.2, 0) is 7.05 Å². The van der Waals surface area contributed by atoms with E-state index >= 15 is 0 Å². The number of imidazole rings is 1. The Bertz CT molecular complexity index is 477. The number of nitrogens with one attached hydrogen (secondary N) is 1. The molecule has 1 heterocycles.